The lowest BCUT2D eigenvalue weighted by atomic mass is 10.1. The number of amides is 1. The maximum atomic E-state index is 12.9. The van der Waals surface area contributed by atoms with Gasteiger partial charge in [-0.25, -0.2) is 4.98 Å². The quantitative estimate of drug-likeness (QED) is 0.881. The minimum atomic E-state index is -0.283. The number of hydrogen-bond acceptors (Lipinski definition) is 4. The molecule has 1 aromatic heterocycles. The fourth-order valence-electron chi connectivity index (χ4n) is 2.65. The molecule has 0 spiro atoms. The lowest BCUT2D eigenvalue weighted by Gasteiger charge is -2.30. The van der Waals surface area contributed by atoms with E-state index < -0.39 is 0 Å². The van der Waals surface area contributed by atoms with E-state index in [9.17, 15) is 4.79 Å². The summed E-state index contributed by atoms with van der Waals surface area (Å²) in [7, 11) is 0. The fraction of sp³-hybridized carbons (Fsp3) is 0.438. The minimum absolute atomic E-state index is 0.165. The number of H-pyrrole nitrogens is 1. The summed E-state index contributed by atoms with van der Waals surface area (Å²) in [4.78, 5) is 19.3. The van der Waals surface area contributed by atoms with Crippen molar-refractivity contribution in [1.82, 2.24) is 20.1 Å². The van der Waals surface area contributed by atoms with Crippen LogP contribution in [0.2, 0.25) is 0 Å². The van der Waals surface area contributed by atoms with Gasteiger partial charge in [-0.3, -0.25) is 9.89 Å². The zero-order valence-electron chi connectivity index (χ0n) is 12.7. The predicted octanol–water partition coefficient (Wildman–Crippen LogP) is 2.96. The molecule has 3 rings (SSSR count). The Bertz CT molecular complexity index is 622. The molecule has 22 heavy (non-hydrogen) atoms. The van der Waals surface area contributed by atoms with Gasteiger partial charge in [0.2, 0.25) is 11.1 Å². The highest BCUT2D eigenvalue weighted by atomic mass is 32.2. The Balaban J connectivity index is 1.83. The van der Waals surface area contributed by atoms with Crippen molar-refractivity contribution in [3.63, 3.8) is 0 Å². The van der Waals surface area contributed by atoms with E-state index in [1.807, 2.05) is 42.2 Å². The smallest absolute Gasteiger partial charge is 0.240 e. The number of benzene rings is 1. The van der Waals surface area contributed by atoms with Crippen LogP contribution in [0.25, 0.3) is 0 Å². The molecule has 1 atom stereocenters. The third kappa shape index (κ3) is 3.50. The first-order valence-corrected chi connectivity index (χ1v) is 8.51. The average Bonchev–Trinajstić information content (AvgIpc) is 2.99. The Hall–Kier alpha value is -1.82. The molecule has 1 saturated heterocycles. The highest BCUT2D eigenvalue weighted by Gasteiger charge is 2.29. The van der Waals surface area contributed by atoms with Gasteiger partial charge in [0.15, 0.2) is 0 Å². The third-order valence-electron chi connectivity index (χ3n) is 3.79. The monoisotopic (exact) mass is 316 g/mol. The van der Waals surface area contributed by atoms with Gasteiger partial charge in [-0.2, -0.15) is 0 Å². The molecule has 1 unspecified atom stereocenters. The first-order valence-electron chi connectivity index (χ1n) is 7.63. The van der Waals surface area contributed by atoms with Crippen LogP contribution in [0.5, 0.6) is 0 Å². The Morgan fingerprint density at radius 1 is 1.23 bits per heavy atom. The second kappa shape index (κ2) is 6.96. The summed E-state index contributed by atoms with van der Waals surface area (Å²) in [6.45, 7) is 3.58. The summed E-state index contributed by atoms with van der Waals surface area (Å²) in [5, 5.41) is 7.34. The number of carbonyl (C=O) groups excluding carboxylic acids is 1. The normalized spacial score (nSPS) is 16.5. The largest absolute Gasteiger partial charge is 0.341 e. The number of aryl methyl sites for hydroxylation is 1. The van der Waals surface area contributed by atoms with E-state index in [1.165, 1.54) is 18.2 Å². The summed E-state index contributed by atoms with van der Waals surface area (Å²) in [6.07, 6.45) is 3.41. The van der Waals surface area contributed by atoms with Crippen molar-refractivity contribution >= 4 is 17.7 Å². The molecule has 1 N–H and O–H groups in total. The maximum absolute atomic E-state index is 12.9. The maximum Gasteiger partial charge on any atom is 0.240 e. The second-order valence-corrected chi connectivity index (χ2v) is 6.57. The first kappa shape index (κ1) is 15.1. The molecule has 5 nitrogen and oxygen atoms in total. The van der Waals surface area contributed by atoms with E-state index in [-0.39, 0.29) is 11.2 Å². The van der Waals surface area contributed by atoms with Gasteiger partial charge in [-0.15, -0.1) is 5.10 Å². The lowest BCUT2D eigenvalue weighted by Crippen LogP contribution is -2.38. The van der Waals surface area contributed by atoms with Crippen LogP contribution in [0, 0.1) is 6.92 Å². The number of rotatable bonds is 4. The van der Waals surface area contributed by atoms with Crippen molar-refractivity contribution < 1.29 is 4.79 Å². The van der Waals surface area contributed by atoms with Gasteiger partial charge in [0.05, 0.1) is 0 Å². The standard InChI is InChI=1S/C16H20N4OS/c1-12-17-16(19-18-12)22-14(13-8-4-2-5-9-13)15(21)20-10-6-3-7-11-20/h2,4-5,8-9,14H,3,6-7,10-11H2,1H3,(H,17,18,19). The summed E-state index contributed by atoms with van der Waals surface area (Å²) in [5.41, 5.74) is 1.01. The zero-order chi connectivity index (χ0) is 15.4. The fourth-order valence-corrected chi connectivity index (χ4v) is 3.69. The molecule has 0 bridgehead atoms. The summed E-state index contributed by atoms with van der Waals surface area (Å²) in [6, 6.07) is 9.90. The first-order chi connectivity index (χ1) is 10.7. The zero-order valence-corrected chi connectivity index (χ0v) is 13.5. The number of aromatic amines is 1. The highest BCUT2D eigenvalue weighted by molar-refractivity contribution is 8.00. The van der Waals surface area contributed by atoms with E-state index in [0.717, 1.165) is 37.3 Å². The van der Waals surface area contributed by atoms with Crippen LogP contribution < -0.4 is 0 Å². The number of piperidine rings is 1. The molecule has 1 aliphatic rings. The summed E-state index contributed by atoms with van der Waals surface area (Å²) in [5.74, 6) is 0.929. The van der Waals surface area contributed by atoms with E-state index in [1.54, 1.807) is 0 Å². The lowest BCUT2D eigenvalue weighted by molar-refractivity contribution is -0.131. The number of nitrogens with zero attached hydrogens (tertiary/aromatic N) is 3. The molecule has 1 fully saturated rings. The molecular weight excluding hydrogens is 296 g/mol. The van der Waals surface area contributed by atoms with Crippen molar-refractivity contribution in [2.75, 3.05) is 13.1 Å². The van der Waals surface area contributed by atoms with Crippen LogP contribution in [0.1, 0.15) is 35.9 Å². The molecule has 1 aliphatic heterocycles. The molecule has 0 radical (unpaired) electrons. The van der Waals surface area contributed by atoms with Gasteiger partial charge in [-0.1, -0.05) is 42.1 Å². The van der Waals surface area contributed by atoms with Gasteiger partial charge in [0.1, 0.15) is 11.1 Å². The van der Waals surface area contributed by atoms with Crippen LogP contribution in [-0.4, -0.2) is 39.1 Å². The molecule has 0 saturated carbocycles. The van der Waals surface area contributed by atoms with E-state index in [0.29, 0.717) is 5.16 Å². The second-order valence-electron chi connectivity index (χ2n) is 5.50. The highest BCUT2D eigenvalue weighted by Crippen LogP contribution is 2.35. The molecule has 2 heterocycles. The number of nitrogens with one attached hydrogen (secondary N) is 1. The SMILES string of the molecule is Cc1nc(SC(C(=O)N2CCCCC2)c2ccccc2)n[nH]1. The van der Waals surface area contributed by atoms with Crippen LogP contribution in [-0.2, 0) is 4.79 Å². The summed E-state index contributed by atoms with van der Waals surface area (Å²) >= 11 is 1.42. The number of carbonyl (C=O) groups is 1. The Morgan fingerprint density at radius 2 is 1.95 bits per heavy atom. The molecular formula is C16H20N4OS. The minimum Gasteiger partial charge on any atom is -0.341 e. The average molecular weight is 316 g/mol. The number of likely N-dealkylation sites (tertiary alicyclic amines) is 1. The van der Waals surface area contributed by atoms with Crippen LogP contribution in [0.3, 0.4) is 0 Å². The Labute approximate surface area is 134 Å². The molecule has 0 aliphatic carbocycles. The molecule has 2 aromatic rings. The van der Waals surface area contributed by atoms with Crippen molar-refractivity contribution in [2.45, 2.75) is 36.6 Å². The third-order valence-corrected chi connectivity index (χ3v) is 4.90. The van der Waals surface area contributed by atoms with Crippen LogP contribution >= 0.6 is 11.8 Å². The van der Waals surface area contributed by atoms with Crippen molar-refractivity contribution in [2.24, 2.45) is 0 Å². The molecule has 1 aromatic carbocycles. The van der Waals surface area contributed by atoms with Gasteiger partial charge in [-0.05, 0) is 31.7 Å². The van der Waals surface area contributed by atoms with Crippen molar-refractivity contribution in [1.29, 1.82) is 0 Å². The predicted molar refractivity (Wildman–Crippen MR) is 86.6 cm³/mol. The number of hydrogen-bond donors (Lipinski definition) is 1. The van der Waals surface area contributed by atoms with Crippen molar-refractivity contribution in [3.05, 3.63) is 41.7 Å². The van der Waals surface area contributed by atoms with E-state index >= 15 is 0 Å². The van der Waals surface area contributed by atoms with Gasteiger partial charge < -0.3 is 4.90 Å². The van der Waals surface area contributed by atoms with Crippen LogP contribution in [0.4, 0.5) is 0 Å². The number of thioether (sulfide) groups is 1. The molecule has 6 heteroatoms. The van der Waals surface area contributed by atoms with Gasteiger partial charge >= 0.3 is 0 Å². The molecule has 116 valence electrons. The van der Waals surface area contributed by atoms with E-state index in [4.69, 9.17) is 0 Å². The molecule has 1 amide bonds. The summed E-state index contributed by atoms with van der Waals surface area (Å²) < 4.78 is 0. The van der Waals surface area contributed by atoms with Gasteiger partial charge in [0, 0.05) is 13.1 Å². The topological polar surface area (TPSA) is 61.9 Å². The Kier molecular flexibility index (Phi) is 4.77. The van der Waals surface area contributed by atoms with Crippen molar-refractivity contribution in [3.8, 4) is 0 Å². The van der Waals surface area contributed by atoms with E-state index in [2.05, 4.69) is 15.2 Å². The van der Waals surface area contributed by atoms with Crippen LogP contribution in [0.15, 0.2) is 35.5 Å². The number of aromatic nitrogens is 3. The Morgan fingerprint density at radius 3 is 2.59 bits per heavy atom. The van der Waals surface area contributed by atoms with Gasteiger partial charge in [0.25, 0.3) is 0 Å².